The number of hydrogen-bond donors (Lipinski definition) is 1. The molecule has 196 valence electrons. The van der Waals surface area contributed by atoms with Gasteiger partial charge in [0.05, 0.1) is 0 Å². The number of carbonyl (C=O) groups excluding carboxylic acids is 2. The summed E-state index contributed by atoms with van der Waals surface area (Å²) in [6, 6.07) is 21.7. The van der Waals surface area contributed by atoms with E-state index in [1.54, 1.807) is 23.1 Å². The predicted octanol–water partition coefficient (Wildman–Crippen LogP) is 6.35. The van der Waals surface area contributed by atoms with Gasteiger partial charge < -0.3 is 15.0 Å². The van der Waals surface area contributed by atoms with E-state index in [4.69, 9.17) is 27.9 Å². The molecule has 1 atom stereocenters. The van der Waals surface area contributed by atoms with Crippen LogP contribution in [0.15, 0.2) is 72.8 Å². The summed E-state index contributed by atoms with van der Waals surface area (Å²) in [4.78, 5) is 28.7. The Bertz CT molecular complexity index is 1170. The maximum Gasteiger partial charge on any atom is 0.261 e. The van der Waals surface area contributed by atoms with Crippen molar-refractivity contribution in [1.29, 1.82) is 0 Å². The van der Waals surface area contributed by atoms with E-state index in [0.29, 0.717) is 34.3 Å². The molecule has 0 radical (unpaired) electrons. The first kappa shape index (κ1) is 28.5. The van der Waals surface area contributed by atoms with Crippen molar-refractivity contribution in [2.24, 2.45) is 5.92 Å². The number of nitrogens with zero attached hydrogens (tertiary/aromatic N) is 1. The summed E-state index contributed by atoms with van der Waals surface area (Å²) < 4.78 is 5.84. The van der Waals surface area contributed by atoms with Crippen molar-refractivity contribution in [3.8, 4) is 5.75 Å². The van der Waals surface area contributed by atoms with Crippen LogP contribution in [0.3, 0.4) is 0 Å². The largest absolute Gasteiger partial charge is 0.484 e. The van der Waals surface area contributed by atoms with E-state index < -0.39 is 6.04 Å². The fourth-order valence-electron chi connectivity index (χ4n) is 3.86. The van der Waals surface area contributed by atoms with Gasteiger partial charge in [0.15, 0.2) is 6.61 Å². The maximum absolute atomic E-state index is 13.6. The van der Waals surface area contributed by atoms with Crippen LogP contribution in [0.5, 0.6) is 5.75 Å². The van der Waals surface area contributed by atoms with E-state index in [1.165, 1.54) is 5.56 Å². The standard InChI is InChI=1S/C30H34Cl2N2O3/c1-4-22-10-14-26(15-11-22)37-20-29(35)34(19-24-12-13-25(31)17-27(24)32)28(30(36)33-18-21(2)3)16-23-8-6-5-7-9-23/h5-15,17,21,28H,4,16,18-20H2,1-3H3,(H,33,36)/t28-/m1/s1. The molecule has 0 spiro atoms. The fourth-order valence-corrected chi connectivity index (χ4v) is 4.33. The quantitative estimate of drug-likeness (QED) is 0.291. The Morgan fingerprint density at radius 2 is 1.65 bits per heavy atom. The third-order valence-corrected chi connectivity index (χ3v) is 6.59. The zero-order valence-corrected chi connectivity index (χ0v) is 23.1. The highest BCUT2D eigenvalue weighted by molar-refractivity contribution is 6.35. The molecule has 0 saturated carbocycles. The van der Waals surface area contributed by atoms with Crippen LogP contribution in [0, 0.1) is 5.92 Å². The van der Waals surface area contributed by atoms with Crippen molar-refractivity contribution in [1.82, 2.24) is 10.2 Å². The van der Waals surface area contributed by atoms with Gasteiger partial charge in [0.25, 0.3) is 5.91 Å². The van der Waals surface area contributed by atoms with Crippen molar-refractivity contribution in [3.63, 3.8) is 0 Å². The Balaban J connectivity index is 1.91. The zero-order chi connectivity index (χ0) is 26.8. The average molecular weight is 542 g/mol. The van der Waals surface area contributed by atoms with Gasteiger partial charge >= 0.3 is 0 Å². The summed E-state index contributed by atoms with van der Waals surface area (Å²) in [7, 11) is 0. The third kappa shape index (κ3) is 8.80. The molecule has 0 unspecified atom stereocenters. The van der Waals surface area contributed by atoms with Crippen molar-refractivity contribution in [2.45, 2.75) is 46.2 Å². The molecule has 5 nitrogen and oxygen atoms in total. The molecule has 0 fully saturated rings. The number of amides is 2. The highest BCUT2D eigenvalue weighted by Gasteiger charge is 2.31. The van der Waals surface area contributed by atoms with Gasteiger partial charge in [-0.05, 0) is 53.3 Å². The lowest BCUT2D eigenvalue weighted by Gasteiger charge is -2.32. The molecule has 3 aromatic carbocycles. The molecule has 0 saturated heterocycles. The van der Waals surface area contributed by atoms with Gasteiger partial charge in [0.1, 0.15) is 11.8 Å². The first-order valence-electron chi connectivity index (χ1n) is 12.5. The highest BCUT2D eigenvalue weighted by atomic mass is 35.5. The normalized spacial score (nSPS) is 11.7. The summed E-state index contributed by atoms with van der Waals surface area (Å²) in [5.74, 6) is 0.332. The Kier molecular flexibility index (Phi) is 10.8. The molecule has 1 N–H and O–H groups in total. The number of carbonyl (C=O) groups is 2. The van der Waals surface area contributed by atoms with Gasteiger partial charge in [-0.2, -0.15) is 0 Å². The molecular formula is C30H34Cl2N2O3. The number of nitrogens with one attached hydrogen (secondary N) is 1. The second kappa shape index (κ2) is 14.1. The number of hydrogen-bond acceptors (Lipinski definition) is 3. The van der Waals surface area contributed by atoms with Gasteiger partial charge in [-0.15, -0.1) is 0 Å². The first-order valence-corrected chi connectivity index (χ1v) is 13.3. The Morgan fingerprint density at radius 1 is 0.946 bits per heavy atom. The van der Waals surface area contributed by atoms with Crippen LogP contribution in [0.4, 0.5) is 0 Å². The van der Waals surface area contributed by atoms with Crippen LogP contribution in [0.25, 0.3) is 0 Å². The van der Waals surface area contributed by atoms with Crippen LogP contribution in [-0.2, 0) is 29.0 Å². The maximum atomic E-state index is 13.6. The lowest BCUT2D eigenvalue weighted by molar-refractivity contribution is -0.142. The van der Waals surface area contributed by atoms with E-state index in [2.05, 4.69) is 12.2 Å². The number of halogens is 2. The van der Waals surface area contributed by atoms with Crippen molar-refractivity contribution < 1.29 is 14.3 Å². The lowest BCUT2D eigenvalue weighted by atomic mass is 10.0. The SMILES string of the molecule is CCc1ccc(OCC(=O)N(Cc2ccc(Cl)cc2Cl)[C@H](Cc2ccccc2)C(=O)NCC(C)C)cc1. The molecule has 0 bridgehead atoms. The van der Waals surface area contributed by atoms with E-state index in [9.17, 15) is 9.59 Å². The van der Waals surface area contributed by atoms with Gasteiger partial charge in [0.2, 0.25) is 5.91 Å². The van der Waals surface area contributed by atoms with Crippen molar-refractivity contribution >= 4 is 35.0 Å². The lowest BCUT2D eigenvalue weighted by Crippen LogP contribution is -2.52. The van der Waals surface area contributed by atoms with E-state index in [-0.39, 0.29) is 30.9 Å². The molecule has 3 rings (SSSR count). The van der Waals surface area contributed by atoms with Gasteiger partial charge in [-0.25, -0.2) is 0 Å². The number of benzene rings is 3. The second-order valence-corrected chi connectivity index (χ2v) is 10.2. The summed E-state index contributed by atoms with van der Waals surface area (Å²) in [6.45, 7) is 6.57. The summed E-state index contributed by atoms with van der Waals surface area (Å²) in [6.07, 6.45) is 1.27. The minimum atomic E-state index is -0.758. The minimum Gasteiger partial charge on any atom is -0.484 e. The topological polar surface area (TPSA) is 58.6 Å². The molecule has 0 aliphatic heterocycles. The van der Waals surface area contributed by atoms with Gasteiger partial charge in [-0.3, -0.25) is 9.59 Å². The molecule has 0 aliphatic carbocycles. The van der Waals surface area contributed by atoms with E-state index in [1.807, 2.05) is 68.4 Å². The second-order valence-electron chi connectivity index (χ2n) is 9.39. The van der Waals surface area contributed by atoms with Crippen molar-refractivity contribution in [3.05, 3.63) is 99.5 Å². The zero-order valence-electron chi connectivity index (χ0n) is 21.5. The molecule has 7 heteroatoms. The molecule has 2 amide bonds. The van der Waals surface area contributed by atoms with Crippen molar-refractivity contribution in [2.75, 3.05) is 13.2 Å². The molecule has 37 heavy (non-hydrogen) atoms. The van der Waals surface area contributed by atoms with Gasteiger partial charge in [-0.1, -0.05) is 92.5 Å². The van der Waals surface area contributed by atoms with Crippen LogP contribution < -0.4 is 10.1 Å². The highest BCUT2D eigenvalue weighted by Crippen LogP contribution is 2.24. The average Bonchev–Trinajstić information content (AvgIpc) is 2.89. The van der Waals surface area contributed by atoms with Gasteiger partial charge in [0, 0.05) is 29.6 Å². The van der Waals surface area contributed by atoms with Crippen LogP contribution in [0.2, 0.25) is 10.0 Å². The minimum absolute atomic E-state index is 0.138. The summed E-state index contributed by atoms with van der Waals surface area (Å²) >= 11 is 12.6. The third-order valence-electron chi connectivity index (χ3n) is 6.01. The summed E-state index contributed by atoms with van der Waals surface area (Å²) in [5, 5.41) is 3.94. The Morgan fingerprint density at radius 3 is 2.27 bits per heavy atom. The number of rotatable bonds is 12. The van der Waals surface area contributed by atoms with Crippen LogP contribution >= 0.6 is 23.2 Å². The smallest absolute Gasteiger partial charge is 0.261 e. The molecule has 0 heterocycles. The number of ether oxygens (including phenoxy) is 1. The first-order chi connectivity index (χ1) is 17.8. The molecule has 3 aromatic rings. The summed E-state index contributed by atoms with van der Waals surface area (Å²) in [5.41, 5.74) is 2.83. The molecular weight excluding hydrogens is 507 g/mol. The Hall–Kier alpha value is -3.02. The monoisotopic (exact) mass is 540 g/mol. The van der Waals surface area contributed by atoms with E-state index >= 15 is 0 Å². The molecule has 0 aromatic heterocycles. The fraction of sp³-hybridized carbons (Fsp3) is 0.333. The molecule has 0 aliphatic rings. The van der Waals surface area contributed by atoms with Crippen LogP contribution in [0.1, 0.15) is 37.5 Å². The Labute approximate surface area is 229 Å². The van der Waals surface area contributed by atoms with E-state index in [0.717, 1.165) is 12.0 Å². The number of aryl methyl sites for hydroxylation is 1. The predicted molar refractivity (Wildman–Crippen MR) is 150 cm³/mol. The van der Waals surface area contributed by atoms with Crippen LogP contribution in [-0.4, -0.2) is 35.9 Å².